The second kappa shape index (κ2) is 7.00. The van der Waals surface area contributed by atoms with Crippen molar-refractivity contribution in [2.24, 2.45) is 0 Å². The fourth-order valence-electron chi connectivity index (χ4n) is 3.12. The molecule has 0 aliphatic carbocycles. The fourth-order valence-corrected chi connectivity index (χ4v) is 4.13. The Labute approximate surface area is 162 Å². The van der Waals surface area contributed by atoms with Crippen molar-refractivity contribution in [1.29, 1.82) is 0 Å². The zero-order valence-corrected chi connectivity index (χ0v) is 16.3. The number of rotatable bonds is 4. The van der Waals surface area contributed by atoms with Gasteiger partial charge in [0.15, 0.2) is 5.13 Å². The van der Waals surface area contributed by atoms with E-state index >= 15 is 0 Å². The lowest BCUT2D eigenvalue weighted by molar-refractivity contribution is 0.0983. The first-order valence-electron chi connectivity index (χ1n) is 8.80. The Hall–Kier alpha value is -2.92. The van der Waals surface area contributed by atoms with Gasteiger partial charge in [-0.2, -0.15) is 0 Å². The third-order valence-electron chi connectivity index (χ3n) is 4.48. The van der Waals surface area contributed by atoms with Gasteiger partial charge >= 0.3 is 0 Å². The number of fused-ring (bicyclic) bond motifs is 1. The Bertz CT molecular complexity index is 1100. The molecule has 0 radical (unpaired) electrons. The molecule has 27 heavy (non-hydrogen) atoms. The van der Waals surface area contributed by atoms with Gasteiger partial charge in [0.1, 0.15) is 5.76 Å². The first-order chi connectivity index (χ1) is 13.0. The average molecular weight is 376 g/mol. The minimum atomic E-state index is -0.0835. The standard InChI is InChI=1S/C22H20N2O2S/c1-14-6-8-17(9-7-14)21(25)24(13-18-5-4-10-26-18)22-23-19-12-15(2)11-16(3)20(19)27-22/h4-12H,13H2,1-3H3. The van der Waals surface area contributed by atoms with Crippen LogP contribution >= 0.6 is 11.3 Å². The van der Waals surface area contributed by atoms with Gasteiger partial charge in [0, 0.05) is 5.56 Å². The van der Waals surface area contributed by atoms with Gasteiger partial charge in [-0.25, -0.2) is 4.98 Å². The van der Waals surface area contributed by atoms with Gasteiger partial charge in [-0.3, -0.25) is 9.69 Å². The average Bonchev–Trinajstić information content (AvgIpc) is 3.29. The minimum Gasteiger partial charge on any atom is -0.467 e. The minimum absolute atomic E-state index is 0.0835. The van der Waals surface area contributed by atoms with Crippen LogP contribution in [0.2, 0.25) is 0 Å². The van der Waals surface area contributed by atoms with Gasteiger partial charge in [-0.1, -0.05) is 35.1 Å². The molecule has 0 saturated heterocycles. The summed E-state index contributed by atoms with van der Waals surface area (Å²) in [6.45, 7) is 6.49. The molecule has 0 saturated carbocycles. The van der Waals surface area contributed by atoms with E-state index in [2.05, 4.69) is 26.0 Å². The summed E-state index contributed by atoms with van der Waals surface area (Å²) >= 11 is 1.54. The molecule has 2 aromatic heterocycles. The van der Waals surface area contributed by atoms with E-state index in [1.165, 1.54) is 11.1 Å². The second-order valence-electron chi connectivity index (χ2n) is 6.76. The number of aromatic nitrogens is 1. The Kier molecular flexibility index (Phi) is 4.54. The van der Waals surface area contributed by atoms with E-state index in [4.69, 9.17) is 9.40 Å². The molecule has 0 aliphatic heterocycles. The van der Waals surface area contributed by atoms with Gasteiger partial charge in [-0.05, 0) is 62.2 Å². The summed E-state index contributed by atoms with van der Waals surface area (Å²) in [6.07, 6.45) is 1.62. The number of benzene rings is 2. The molecule has 5 heteroatoms. The van der Waals surface area contributed by atoms with Crippen molar-refractivity contribution in [3.63, 3.8) is 0 Å². The highest BCUT2D eigenvalue weighted by Gasteiger charge is 2.23. The number of carbonyl (C=O) groups is 1. The largest absolute Gasteiger partial charge is 0.467 e. The molecular formula is C22H20N2O2S. The maximum absolute atomic E-state index is 13.3. The normalized spacial score (nSPS) is 11.1. The molecule has 0 fully saturated rings. The lowest BCUT2D eigenvalue weighted by atomic mass is 10.1. The van der Waals surface area contributed by atoms with E-state index in [0.717, 1.165) is 21.5 Å². The molecule has 4 nitrogen and oxygen atoms in total. The number of amides is 1. The lowest BCUT2D eigenvalue weighted by Crippen LogP contribution is -2.30. The maximum atomic E-state index is 13.3. The number of thiazole rings is 1. The highest BCUT2D eigenvalue weighted by atomic mass is 32.1. The molecule has 4 aromatic rings. The first kappa shape index (κ1) is 17.5. The van der Waals surface area contributed by atoms with Crippen LogP contribution in [0.25, 0.3) is 10.2 Å². The Morgan fingerprint density at radius 2 is 1.85 bits per heavy atom. The smallest absolute Gasteiger partial charge is 0.260 e. The number of furan rings is 1. The summed E-state index contributed by atoms with van der Waals surface area (Å²) < 4.78 is 6.60. The van der Waals surface area contributed by atoms with E-state index < -0.39 is 0 Å². The quantitative estimate of drug-likeness (QED) is 0.461. The van der Waals surface area contributed by atoms with E-state index in [9.17, 15) is 4.79 Å². The third-order valence-corrected chi connectivity index (χ3v) is 5.71. The zero-order chi connectivity index (χ0) is 19.0. The predicted octanol–water partition coefficient (Wildman–Crippen LogP) is 5.66. The number of hydrogen-bond donors (Lipinski definition) is 0. The van der Waals surface area contributed by atoms with E-state index in [-0.39, 0.29) is 5.91 Å². The summed E-state index contributed by atoms with van der Waals surface area (Å²) in [4.78, 5) is 19.7. The molecule has 0 bridgehead atoms. The Morgan fingerprint density at radius 1 is 1.07 bits per heavy atom. The summed E-state index contributed by atoms with van der Waals surface area (Å²) in [5.74, 6) is 0.641. The molecule has 136 valence electrons. The van der Waals surface area contributed by atoms with Gasteiger partial charge in [-0.15, -0.1) is 0 Å². The molecule has 2 heterocycles. The van der Waals surface area contributed by atoms with Crippen molar-refractivity contribution in [3.8, 4) is 0 Å². The number of hydrogen-bond acceptors (Lipinski definition) is 4. The number of anilines is 1. The summed E-state index contributed by atoms with van der Waals surface area (Å²) in [7, 11) is 0. The van der Waals surface area contributed by atoms with E-state index in [1.54, 1.807) is 22.5 Å². The highest BCUT2D eigenvalue weighted by Crippen LogP contribution is 2.33. The van der Waals surface area contributed by atoms with Crippen LogP contribution in [0.3, 0.4) is 0 Å². The number of nitrogens with zero attached hydrogens (tertiary/aromatic N) is 2. The molecule has 4 rings (SSSR count). The number of carbonyl (C=O) groups excluding carboxylic acids is 1. The topological polar surface area (TPSA) is 46.3 Å². The van der Waals surface area contributed by atoms with Crippen LogP contribution in [0.15, 0.2) is 59.2 Å². The fraction of sp³-hybridized carbons (Fsp3) is 0.182. The Morgan fingerprint density at radius 3 is 2.56 bits per heavy atom. The lowest BCUT2D eigenvalue weighted by Gasteiger charge is -2.18. The summed E-state index contributed by atoms with van der Waals surface area (Å²) in [6, 6.07) is 15.5. The molecule has 0 atom stereocenters. The van der Waals surface area contributed by atoms with Gasteiger partial charge in [0.25, 0.3) is 5.91 Å². The molecule has 0 spiro atoms. The van der Waals surface area contributed by atoms with Crippen molar-refractivity contribution < 1.29 is 9.21 Å². The molecule has 0 N–H and O–H groups in total. The monoisotopic (exact) mass is 376 g/mol. The third kappa shape index (κ3) is 3.51. The van der Waals surface area contributed by atoms with Gasteiger partial charge in [0.2, 0.25) is 0 Å². The van der Waals surface area contributed by atoms with Gasteiger partial charge < -0.3 is 4.42 Å². The first-order valence-corrected chi connectivity index (χ1v) is 9.61. The maximum Gasteiger partial charge on any atom is 0.260 e. The van der Waals surface area contributed by atoms with Crippen LogP contribution in [0.1, 0.15) is 32.8 Å². The summed E-state index contributed by atoms with van der Waals surface area (Å²) in [5.41, 5.74) is 5.02. The predicted molar refractivity (Wildman–Crippen MR) is 109 cm³/mol. The van der Waals surface area contributed by atoms with Crippen LogP contribution in [0, 0.1) is 20.8 Å². The van der Waals surface area contributed by atoms with E-state index in [0.29, 0.717) is 17.2 Å². The van der Waals surface area contributed by atoms with Crippen molar-refractivity contribution in [2.45, 2.75) is 27.3 Å². The van der Waals surface area contributed by atoms with Crippen LogP contribution in [0.5, 0.6) is 0 Å². The Balaban J connectivity index is 1.79. The highest BCUT2D eigenvalue weighted by molar-refractivity contribution is 7.22. The second-order valence-corrected chi connectivity index (χ2v) is 7.74. The van der Waals surface area contributed by atoms with Crippen molar-refractivity contribution in [2.75, 3.05) is 4.90 Å². The van der Waals surface area contributed by atoms with E-state index in [1.807, 2.05) is 43.3 Å². The zero-order valence-electron chi connectivity index (χ0n) is 15.5. The van der Waals surface area contributed by atoms with Gasteiger partial charge in [0.05, 0.1) is 23.0 Å². The van der Waals surface area contributed by atoms with Crippen LogP contribution in [0.4, 0.5) is 5.13 Å². The SMILES string of the molecule is Cc1ccc(C(=O)N(Cc2ccco2)c2nc3cc(C)cc(C)c3s2)cc1. The molecular weight excluding hydrogens is 356 g/mol. The van der Waals surface area contributed by atoms with Crippen LogP contribution in [-0.4, -0.2) is 10.9 Å². The van der Waals surface area contributed by atoms with Crippen LogP contribution < -0.4 is 4.90 Å². The summed E-state index contributed by atoms with van der Waals surface area (Å²) in [5, 5.41) is 0.681. The van der Waals surface area contributed by atoms with Crippen LogP contribution in [-0.2, 0) is 6.54 Å². The van der Waals surface area contributed by atoms with Crippen molar-refractivity contribution in [3.05, 3.63) is 82.8 Å². The number of aryl methyl sites for hydroxylation is 3. The molecule has 1 amide bonds. The van der Waals surface area contributed by atoms with Crippen molar-refractivity contribution in [1.82, 2.24) is 4.98 Å². The molecule has 0 aliphatic rings. The molecule has 0 unspecified atom stereocenters. The molecule has 2 aromatic carbocycles. The van der Waals surface area contributed by atoms with Crippen molar-refractivity contribution >= 4 is 32.6 Å².